The normalized spacial score (nSPS) is 11.7. The second kappa shape index (κ2) is 6.98. The second-order valence-corrected chi connectivity index (χ2v) is 7.04. The van der Waals surface area contributed by atoms with Crippen molar-refractivity contribution in [2.45, 2.75) is 31.1 Å². The van der Waals surface area contributed by atoms with Crippen LogP contribution >= 0.6 is 12.2 Å². The SMILES string of the molecule is CCCCN(C)S(=O)(=O)c1ccc(CC(N)=S)cc1. The minimum absolute atomic E-state index is 0.304. The molecule has 0 spiro atoms. The van der Waals surface area contributed by atoms with Gasteiger partial charge < -0.3 is 5.73 Å². The smallest absolute Gasteiger partial charge is 0.242 e. The van der Waals surface area contributed by atoms with Crippen LogP contribution in [0.25, 0.3) is 0 Å². The number of unbranched alkanes of at least 4 members (excludes halogenated alkanes) is 1. The van der Waals surface area contributed by atoms with Crippen molar-refractivity contribution < 1.29 is 8.42 Å². The van der Waals surface area contributed by atoms with Crippen molar-refractivity contribution in [2.75, 3.05) is 13.6 Å². The Kier molecular flexibility index (Phi) is 5.90. The standard InChI is InChI=1S/C13H20N2O2S2/c1-3-4-9-15(2)19(16,17)12-7-5-11(6-8-12)10-13(14)18/h5-8H,3-4,9-10H2,1-2H3,(H2,14,18). The number of thiocarbonyl (C=S) groups is 1. The van der Waals surface area contributed by atoms with Gasteiger partial charge in [-0.3, -0.25) is 0 Å². The van der Waals surface area contributed by atoms with E-state index < -0.39 is 10.0 Å². The highest BCUT2D eigenvalue weighted by molar-refractivity contribution is 7.89. The van der Waals surface area contributed by atoms with Gasteiger partial charge in [0.25, 0.3) is 0 Å². The van der Waals surface area contributed by atoms with Crippen molar-refractivity contribution in [2.24, 2.45) is 5.73 Å². The maximum atomic E-state index is 12.2. The Morgan fingerprint density at radius 1 is 1.32 bits per heavy atom. The van der Waals surface area contributed by atoms with Gasteiger partial charge in [0.05, 0.1) is 9.88 Å². The molecule has 0 amide bonds. The van der Waals surface area contributed by atoms with E-state index in [1.165, 1.54) is 4.31 Å². The molecule has 0 saturated carbocycles. The first-order valence-electron chi connectivity index (χ1n) is 6.21. The predicted octanol–water partition coefficient (Wildman–Crippen LogP) is 1.94. The number of hydrogen-bond donors (Lipinski definition) is 1. The summed E-state index contributed by atoms with van der Waals surface area (Å²) in [7, 11) is -1.78. The van der Waals surface area contributed by atoms with Gasteiger partial charge in [0.2, 0.25) is 10.0 Å². The third-order valence-corrected chi connectivity index (χ3v) is 4.85. The lowest BCUT2D eigenvalue weighted by Gasteiger charge is -2.16. The molecule has 0 bridgehead atoms. The molecule has 0 aromatic heterocycles. The van der Waals surface area contributed by atoms with E-state index in [1.807, 2.05) is 6.92 Å². The summed E-state index contributed by atoms with van der Waals surface area (Å²) in [5.41, 5.74) is 6.38. The first-order chi connectivity index (χ1) is 8.87. The van der Waals surface area contributed by atoms with Crippen LogP contribution in [0.1, 0.15) is 25.3 Å². The second-order valence-electron chi connectivity index (χ2n) is 4.47. The van der Waals surface area contributed by atoms with E-state index in [4.69, 9.17) is 18.0 Å². The zero-order valence-corrected chi connectivity index (χ0v) is 12.9. The molecule has 19 heavy (non-hydrogen) atoms. The summed E-state index contributed by atoms with van der Waals surface area (Å²) in [6.07, 6.45) is 2.31. The molecule has 0 unspecified atom stereocenters. The molecule has 0 aliphatic heterocycles. The van der Waals surface area contributed by atoms with Crippen molar-refractivity contribution >= 4 is 27.2 Å². The van der Waals surface area contributed by atoms with Gasteiger partial charge in [-0.05, 0) is 24.1 Å². The Labute approximate surface area is 120 Å². The number of nitrogens with two attached hydrogens (primary N) is 1. The van der Waals surface area contributed by atoms with Gasteiger partial charge in [-0.2, -0.15) is 0 Å². The van der Waals surface area contributed by atoms with Crippen LogP contribution in [0.15, 0.2) is 29.2 Å². The van der Waals surface area contributed by atoms with Crippen molar-refractivity contribution in [3.05, 3.63) is 29.8 Å². The Hall–Kier alpha value is -0.980. The fourth-order valence-electron chi connectivity index (χ4n) is 1.66. The molecule has 1 rings (SSSR count). The van der Waals surface area contributed by atoms with E-state index in [0.29, 0.717) is 22.8 Å². The van der Waals surface area contributed by atoms with E-state index in [1.54, 1.807) is 31.3 Å². The first-order valence-corrected chi connectivity index (χ1v) is 8.06. The number of hydrogen-bond acceptors (Lipinski definition) is 3. The Balaban J connectivity index is 2.87. The van der Waals surface area contributed by atoms with Gasteiger partial charge in [0, 0.05) is 20.0 Å². The molecular formula is C13H20N2O2S2. The fourth-order valence-corrected chi connectivity index (χ4v) is 3.04. The molecule has 4 nitrogen and oxygen atoms in total. The van der Waals surface area contributed by atoms with Gasteiger partial charge in [-0.1, -0.05) is 37.7 Å². The van der Waals surface area contributed by atoms with Crippen molar-refractivity contribution in [1.82, 2.24) is 4.31 Å². The lowest BCUT2D eigenvalue weighted by molar-refractivity contribution is 0.459. The van der Waals surface area contributed by atoms with Crippen LogP contribution in [-0.4, -0.2) is 31.3 Å². The van der Waals surface area contributed by atoms with Crippen LogP contribution in [0.3, 0.4) is 0 Å². The number of nitrogens with zero attached hydrogens (tertiary/aromatic N) is 1. The van der Waals surface area contributed by atoms with Crippen molar-refractivity contribution in [1.29, 1.82) is 0 Å². The van der Waals surface area contributed by atoms with Crippen LogP contribution in [-0.2, 0) is 16.4 Å². The summed E-state index contributed by atoms with van der Waals surface area (Å²) >= 11 is 4.82. The summed E-state index contributed by atoms with van der Waals surface area (Å²) in [4.78, 5) is 0.702. The Morgan fingerprint density at radius 3 is 2.37 bits per heavy atom. The highest BCUT2D eigenvalue weighted by Crippen LogP contribution is 2.16. The largest absolute Gasteiger partial charge is 0.393 e. The molecule has 1 aromatic carbocycles. The Bertz CT molecular complexity index is 524. The zero-order valence-electron chi connectivity index (χ0n) is 11.3. The van der Waals surface area contributed by atoms with Gasteiger partial charge in [-0.25, -0.2) is 12.7 Å². The maximum Gasteiger partial charge on any atom is 0.242 e. The third kappa shape index (κ3) is 4.56. The zero-order chi connectivity index (χ0) is 14.5. The molecule has 0 atom stereocenters. The molecule has 0 heterocycles. The van der Waals surface area contributed by atoms with E-state index in [9.17, 15) is 8.42 Å². The van der Waals surface area contributed by atoms with E-state index in [0.717, 1.165) is 18.4 Å². The topological polar surface area (TPSA) is 63.4 Å². The molecule has 0 fully saturated rings. The first kappa shape index (κ1) is 16.1. The molecule has 0 saturated heterocycles. The van der Waals surface area contributed by atoms with Crippen LogP contribution < -0.4 is 5.73 Å². The average Bonchev–Trinajstić information content (AvgIpc) is 2.35. The van der Waals surface area contributed by atoms with Crippen LogP contribution in [0.4, 0.5) is 0 Å². The lowest BCUT2D eigenvalue weighted by atomic mass is 10.1. The summed E-state index contributed by atoms with van der Waals surface area (Å²) in [6.45, 7) is 2.57. The molecule has 2 N–H and O–H groups in total. The van der Waals surface area contributed by atoms with Crippen LogP contribution in [0.5, 0.6) is 0 Å². The minimum atomic E-state index is -3.39. The van der Waals surface area contributed by atoms with E-state index in [2.05, 4.69) is 0 Å². The molecular weight excluding hydrogens is 280 g/mol. The van der Waals surface area contributed by atoms with E-state index >= 15 is 0 Å². The number of benzene rings is 1. The van der Waals surface area contributed by atoms with Gasteiger partial charge in [-0.15, -0.1) is 0 Å². The number of sulfonamides is 1. The molecule has 0 radical (unpaired) electrons. The van der Waals surface area contributed by atoms with Crippen LogP contribution in [0, 0.1) is 0 Å². The minimum Gasteiger partial charge on any atom is -0.393 e. The summed E-state index contributed by atoms with van der Waals surface area (Å²) < 4.78 is 25.9. The fraction of sp³-hybridized carbons (Fsp3) is 0.462. The van der Waals surface area contributed by atoms with Gasteiger partial charge >= 0.3 is 0 Å². The third-order valence-electron chi connectivity index (χ3n) is 2.84. The predicted molar refractivity (Wildman–Crippen MR) is 81.7 cm³/mol. The molecule has 106 valence electrons. The Morgan fingerprint density at radius 2 is 1.89 bits per heavy atom. The average molecular weight is 300 g/mol. The van der Waals surface area contributed by atoms with Gasteiger partial charge in [0.1, 0.15) is 0 Å². The maximum absolute atomic E-state index is 12.2. The molecule has 6 heteroatoms. The molecule has 0 aliphatic carbocycles. The lowest BCUT2D eigenvalue weighted by Crippen LogP contribution is -2.27. The molecule has 0 aliphatic rings. The highest BCUT2D eigenvalue weighted by atomic mass is 32.2. The summed E-state index contributed by atoms with van der Waals surface area (Å²) in [5.74, 6) is 0. The van der Waals surface area contributed by atoms with Gasteiger partial charge in [0.15, 0.2) is 0 Å². The monoisotopic (exact) mass is 300 g/mol. The van der Waals surface area contributed by atoms with Crippen molar-refractivity contribution in [3.63, 3.8) is 0 Å². The van der Waals surface area contributed by atoms with E-state index in [-0.39, 0.29) is 0 Å². The number of rotatable bonds is 7. The van der Waals surface area contributed by atoms with Crippen LogP contribution in [0.2, 0.25) is 0 Å². The summed E-state index contributed by atoms with van der Waals surface area (Å²) in [5, 5.41) is 0. The highest BCUT2D eigenvalue weighted by Gasteiger charge is 2.19. The van der Waals surface area contributed by atoms with Crippen molar-refractivity contribution in [3.8, 4) is 0 Å². The molecule has 1 aromatic rings. The quantitative estimate of drug-likeness (QED) is 0.782. The summed E-state index contributed by atoms with van der Waals surface area (Å²) in [6, 6.07) is 6.70.